The number of nitrogens with zero attached hydrogens (tertiary/aromatic N) is 3. The van der Waals surface area contributed by atoms with E-state index in [0.29, 0.717) is 24.0 Å². The molecule has 0 saturated carbocycles. The van der Waals surface area contributed by atoms with E-state index >= 15 is 0 Å². The van der Waals surface area contributed by atoms with Crippen molar-refractivity contribution < 1.29 is 24.1 Å². The van der Waals surface area contributed by atoms with Crippen LogP contribution in [0.15, 0.2) is 65.5 Å². The lowest BCUT2D eigenvalue weighted by atomic mass is 9.95. The van der Waals surface area contributed by atoms with Crippen molar-refractivity contribution in [3.63, 3.8) is 0 Å². The maximum absolute atomic E-state index is 13.3. The highest BCUT2D eigenvalue weighted by Crippen LogP contribution is 2.48. The average Bonchev–Trinajstić information content (AvgIpc) is 2.87. The van der Waals surface area contributed by atoms with Crippen LogP contribution in [0.3, 0.4) is 0 Å². The molecule has 186 valence electrons. The summed E-state index contributed by atoms with van der Waals surface area (Å²) in [6, 6.07) is 16.7. The summed E-state index contributed by atoms with van der Waals surface area (Å²) in [6.45, 7) is 0.230. The number of hydrogen-bond donors (Lipinski definition) is 5. The molecule has 11 heteroatoms. The van der Waals surface area contributed by atoms with Crippen LogP contribution < -0.4 is 15.2 Å². The van der Waals surface area contributed by atoms with Crippen molar-refractivity contribution in [3.8, 4) is 5.75 Å². The maximum atomic E-state index is 13.3. The number of aromatic hydroxyl groups is 1. The Morgan fingerprint density at radius 2 is 1.63 bits per heavy atom. The highest BCUT2D eigenvalue weighted by Gasteiger charge is 2.33. The second-order valence-corrected chi connectivity index (χ2v) is 10.4. The van der Waals surface area contributed by atoms with E-state index in [9.17, 15) is 28.9 Å². The van der Waals surface area contributed by atoms with Gasteiger partial charge in [0.15, 0.2) is 5.69 Å². The summed E-state index contributed by atoms with van der Waals surface area (Å²) in [5, 5.41) is 24.3. The molecule has 2 heterocycles. The van der Waals surface area contributed by atoms with Gasteiger partial charge in [0, 0.05) is 13.6 Å². The number of rotatable bonds is 6. The lowest BCUT2D eigenvalue weighted by Gasteiger charge is -2.46. The van der Waals surface area contributed by atoms with E-state index in [4.69, 9.17) is 0 Å². The molecule has 1 aromatic heterocycles. The summed E-state index contributed by atoms with van der Waals surface area (Å²) in [7, 11) is -1.89. The number of aromatic nitrogens is 2. The first-order valence-corrected chi connectivity index (χ1v) is 12.8. The first-order chi connectivity index (χ1) is 16.7. The lowest BCUT2D eigenvalue weighted by Crippen LogP contribution is -2.40. The van der Waals surface area contributed by atoms with Gasteiger partial charge >= 0.3 is 0 Å². The lowest BCUT2D eigenvalue weighted by molar-refractivity contribution is 0.0823. The molecule has 1 aliphatic rings. The average molecular weight is 501 g/mol. The number of carbonyl (C=O) groups excluding carboxylic acids is 1. The van der Waals surface area contributed by atoms with Crippen molar-refractivity contribution in [1.82, 2.24) is 14.9 Å². The number of carbonyl (C=O) groups is 1. The normalized spacial score (nSPS) is 17.9. The van der Waals surface area contributed by atoms with Crippen LogP contribution in [0, 0.1) is 0 Å². The third-order valence-corrected chi connectivity index (χ3v) is 7.85. The Bertz CT molecular complexity index is 1250. The minimum Gasteiger partial charge on any atom is -0.501 e. The number of hydrogen-bond acceptors (Lipinski definition) is 8. The van der Waals surface area contributed by atoms with Crippen LogP contribution in [-0.2, 0) is 7.05 Å². The quantitative estimate of drug-likeness (QED) is 0.347. The predicted molar refractivity (Wildman–Crippen MR) is 133 cm³/mol. The molecule has 2 unspecified atom stereocenters. The zero-order valence-corrected chi connectivity index (χ0v) is 19.9. The second-order valence-electron chi connectivity index (χ2n) is 8.34. The Balaban J connectivity index is 1.73. The first-order valence-electron chi connectivity index (χ1n) is 11.1. The van der Waals surface area contributed by atoms with Crippen LogP contribution in [0.4, 0.5) is 5.95 Å². The van der Waals surface area contributed by atoms with E-state index in [0.717, 1.165) is 4.57 Å². The molecule has 3 aromatic rings. The Morgan fingerprint density at radius 3 is 2.23 bits per heavy atom. The minimum absolute atomic E-state index is 0.116. The van der Waals surface area contributed by atoms with Crippen molar-refractivity contribution in [3.05, 3.63) is 87.8 Å². The van der Waals surface area contributed by atoms with Crippen molar-refractivity contribution >= 4 is 22.6 Å². The fraction of sp³-hybridized carbons (Fsp3) is 0.292. The van der Waals surface area contributed by atoms with Crippen LogP contribution in [-0.4, -0.2) is 47.1 Å². The first kappa shape index (κ1) is 24.7. The molecule has 4 rings (SSSR count). The van der Waals surface area contributed by atoms with Crippen LogP contribution in [0.1, 0.15) is 46.6 Å². The SMILES string of the molecule is Cn1c(N2CCCCS2(O)O)nc(C(=O)NC(c2ccccc2)C(O)c2ccccc2)c(O)c1=O. The molecule has 5 N–H and O–H groups in total. The van der Waals surface area contributed by atoms with Gasteiger partial charge in [0.1, 0.15) is 6.10 Å². The minimum atomic E-state index is -3.23. The van der Waals surface area contributed by atoms with Gasteiger partial charge in [0.05, 0.1) is 11.8 Å². The van der Waals surface area contributed by atoms with Crippen molar-refractivity contribution in [1.29, 1.82) is 0 Å². The molecule has 1 aliphatic heterocycles. The largest absolute Gasteiger partial charge is 0.501 e. The van der Waals surface area contributed by atoms with Crippen molar-refractivity contribution in [2.24, 2.45) is 7.05 Å². The molecule has 2 atom stereocenters. The van der Waals surface area contributed by atoms with Crippen LogP contribution >= 0.6 is 10.8 Å². The summed E-state index contributed by atoms with van der Waals surface area (Å²) < 4.78 is 23.2. The van der Waals surface area contributed by atoms with E-state index in [-0.39, 0.29) is 18.2 Å². The van der Waals surface area contributed by atoms with E-state index in [1.807, 2.05) is 0 Å². The Labute approximate surface area is 204 Å². The van der Waals surface area contributed by atoms with Gasteiger partial charge in [-0.15, -0.1) is 10.8 Å². The van der Waals surface area contributed by atoms with Gasteiger partial charge in [-0.1, -0.05) is 60.7 Å². The molecule has 1 fully saturated rings. The fourth-order valence-electron chi connectivity index (χ4n) is 4.06. The monoisotopic (exact) mass is 500 g/mol. The summed E-state index contributed by atoms with van der Waals surface area (Å²) in [5.74, 6) is -1.77. The van der Waals surface area contributed by atoms with Crippen LogP contribution in [0.5, 0.6) is 5.75 Å². The zero-order chi connectivity index (χ0) is 25.2. The predicted octanol–water partition coefficient (Wildman–Crippen LogP) is 2.96. The third kappa shape index (κ3) is 5.03. The molecule has 2 aromatic carbocycles. The summed E-state index contributed by atoms with van der Waals surface area (Å²) in [5.41, 5.74) is -0.303. The number of benzene rings is 2. The highest BCUT2D eigenvalue weighted by atomic mass is 32.3. The zero-order valence-electron chi connectivity index (χ0n) is 19.1. The molecule has 1 saturated heterocycles. The molecular weight excluding hydrogens is 472 g/mol. The molecular formula is C24H28N4O6S. The molecule has 35 heavy (non-hydrogen) atoms. The Morgan fingerprint density at radius 1 is 1.03 bits per heavy atom. The second kappa shape index (κ2) is 10.1. The molecule has 0 spiro atoms. The highest BCUT2D eigenvalue weighted by molar-refractivity contribution is 8.25. The van der Waals surface area contributed by atoms with E-state index in [1.54, 1.807) is 60.7 Å². The summed E-state index contributed by atoms with van der Waals surface area (Å²) in [4.78, 5) is 30.2. The summed E-state index contributed by atoms with van der Waals surface area (Å²) >= 11 is 0. The smallest absolute Gasteiger partial charge is 0.297 e. The third-order valence-electron chi connectivity index (χ3n) is 5.97. The van der Waals surface area contributed by atoms with Crippen LogP contribution in [0.2, 0.25) is 0 Å². The number of nitrogens with one attached hydrogen (secondary N) is 1. The van der Waals surface area contributed by atoms with Gasteiger partial charge in [0.25, 0.3) is 11.5 Å². The van der Waals surface area contributed by atoms with Crippen LogP contribution in [0.25, 0.3) is 0 Å². The number of amides is 1. The van der Waals surface area contributed by atoms with E-state index < -0.39 is 45.8 Å². The molecule has 10 nitrogen and oxygen atoms in total. The molecule has 0 aliphatic carbocycles. The van der Waals surface area contributed by atoms with Gasteiger partial charge in [-0.05, 0) is 24.0 Å². The number of anilines is 1. The fourth-order valence-corrected chi connectivity index (χ4v) is 5.71. The van der Waals surface area contributed by atoms with Crippen molar-refractivity contribution in [2.75, 3.05) is 16.6 Å². The maximum Gasteiger partial charge on any atom is 0.297 e. The standard InChI is InChI=1S/C24H28N4O6S/c1-27-23(32)21(30)19(26-24(27)28-14-8-9-15-35(28,33)34)22(31)25-18(16-10-4-2-5-11-16)20(29)17-12-6-3-7-13-17/h2-7,10-13,18,20,29-30,33-34H,8-9,14-15H2,1H3,(H,25,31). The Kier molecular flexibility index (Phi) is 7.13. The number of aliphatic hydroxyl groups excluding tert-OH is 1. The van der Waals surface area contributed by atoms with Gasteiger partial charge in [-0.2, -0.15) is 0 Å². The summed E-state index contributed by atoms with van der Waals surface area (Å²) in [6.07, 6.45) is 0.117. The van der Waals surface area contributed by atoms with E-state index in [1.165, 1.54) is 11.4 Å². The Hall–Kier alpha value is -3.38. The van der Waals surface area contributed by atoms with Gasteiger partial charge in [-0.25, -0.2) is 9.29 Å². The topological polar surface area (TPSA) is 148 Å². The van der Waals surface area contributed by atoms with Gasteiger partial charge < -0.3 is 15.5 Å². The van der Waals surface area contributed by atoms with Crippen molar-refractivity contribution in [2.45, 2.75) is 25.0 Å². The van der Waals surface area contributed by atoms with E-state index in [2.05, 4.69) is 10.3 Å². The van der Waals surface area contributed by atoms with Gasteiger partial charge in [0.2, 0.25) is 11.7 Å². The molecule has 0 bridgehead atoms. The van der Waals surface area contributed by atoms with Gasteiger partial charge in [-0.3, -0.25) is 23.3 Å². The molecule has 1 amide bonds. The number of aliphatic hydroxyl groups is 1. The molecule has 0 radical (unpaired) electrons.